The maximum absolute atomic E-state index is 5.79. The van der Waals surface area contributed by atoms with Crippen molar-refractivity contribution in [2.45, 2.75) is 20.8 Å². The van der Waals surface area contributed by atoms with Crippen LogP contribution in [-0.2, 0) is 0 Å². The van der Waals surface area contributed by atoms with Crippen LogP contribution in [0.15, 0.2) is 12.1 Å². The maximum Gasteiger partial charge on any atom is 0.227 e. The maximum atomic E-state index is 5.79. The molecule has 0 radical (unpaired) electrons. The van der Waals surface area contributed by atoms with E-state index in [1.165, 1.54) is 5.56 Å². The summed E-state index contributed by atoms with van der Waals surface area (Å²) in [5, 5.41) is 0.221. The Morgan fingerprint density at radius 2 is 1.29 bits per heavy atom. The summed E-state index contributed by atoms with van der Waals surface area (Å²) in [6.45, 7) is 6.08. The summed E-state index contributed by atoms with van der Waals surface area (Å²) in [5.41, 5.74) is 4.36. The third-order valence-electron chi connectivity index (χ3n) is 2.48. The van der Waals surface area contributed by atoms with Crippen LogP contribution in [0.3, 0.4) is 0 Å². The number of aryl methyl sites for hydroxylation is 3. The molecule has 17 heavy (non-hydrogen) atoms. The van der Waals surface area contributed by atoms with Crippen LogP contribution >= 0.6 is 23.2 Å². The molecule has 0 bridgehead atoms. The third-order valence-corrected chi connectivity index (χ3v) is 2.82. The molecular formula is C12H11Cl2N3. The van der Waals surface area contributed by atoms with Crippen LogP contribution in [0.2, 0.25) is 10.6 Å². The first-order valence-electron chi connectivity index (χ1n) is 5.12. The molecule has 1 aromatic carbocycles. The lowest BCUT2D eigenvalue weighted by Crippen LogP contribution is -1.98. The number of halogens is 2. The average molecular weight is 268 g/mol. The van der Waals surface area contributed by atoms with E-state index in [0.29, 0.717) is 5.82 Å². The molecule has 2 rings (SSSR count). The van der Waals surface area contributed by atoms with Crippen molar-refractivity contribution in [1.82, 2.24) is 15.0 Å². The van der Waals surface area contributed by atoms with Gasteiger partial charge in [0.15, 0.2) is 5.82 Å². The van der Waals surface area contributed by atoms with Crippen LogP contribution in [-0.4, -0.2) is 15.0 Å². The van der Waals surface area contributed by atoms with E-state index >= 15 is 0 Å². The largest absolute Gasteiger partial charge is 0.227 e. The number of hydrogen-bond donors (Lipinski definition) is 0. The summed E-state index contributed by atoms with van der Waals surface area (Å²) in [5.74, 6) is 0.519. The summed E-state index contributed by atoms with van der Waals surface area (Å²) in [7, 11) is 0. The first kappa shape index (κ1) is 12.3. The van der Waals surface area contributed by atoms with Gasteiger partial charge in [0.1, 0.15) is 0 Å². The Bertz CT molecular complexity index is 539. The molecule has 88 valence electrons. The molecule has 1 heterocycles. The highest BCUT2D eigenvalue weighted by Gasteiger charge is 2.11. The first-order valence-corrected chi connectivity index (χ1v) is 5.88. The molecule has 0 amide bonds. The van der Waals surface area contributed by atoms with Crippen molar-refractivity contribution in [3.8, 4) is 11.4 Å². The molecule has 0 N–H and O–H groups in total. The Balaban J connectivity index is 2.68. The van der Waals surface area contributed by atoms with E-state index in [-0.39, 0.29) is 10.6 Å². The number of hydrogen-bond acceptors (Lipinski definition) is 3. The van der Waals surface area contributed by atoms with Crippen molar-refractivity contribution in [2.24, 2.45) is 0 Å². The molecule has 0 spiro atoms. The molecule has 0 saturated carbocycles. The monoisotopic (exact) mass is 267 g/mol. The second-order valence-electron chi connectivity index (χ2n) is 3.97. The van der Waals surface area contributed by atoms with Crippen LogP contribution in [0.4, 0.5) is 0 Å². The lowest BCUT2D eigenvalue weighted by molar-refractivity contribution is 1.05. The normalized spacial score (nSPS) is 10.6. The fraction of sp³-hybridized carbons (Fsp3) is 0.250. The minimum Gasteiger partial charge on any atom is -0.198 e. The van der Waals surface area contributed by atoms with Gasteiger partial charge in [-0.1, -0.05) is 17.7 Å². The van der Waals surface area contributed by atoms with Gasteiger partial charge in [-0.2, -0.15) is 15.0 Å². The Hall–Kier alpha value is -1.19. The lowest BCUT2D eigenvalue weighted by Gasteiger charge is -2.10. The molecule has 2 aromatic rings. The van der Waals surface area contributed by atoms with Crippen LogP contribution in [0.1, 0.15) is 16.7 Å². The van der Waals surface area contributed by atoms with E-state index in [4.69, 9.17) is 23.2 Å². The molecule has 3 nitrogen and oxygen atoms in total. The molecule has 0 aliphatic carbocycles. The fourth-order valence-corrected chi connectivity index (χ4v) is 2.33. The second-order valence-corrected chi connectivity index (χ2v) is 4.65. The minimum atomic E-state index is 0.111. The predicted molar refractivity (Wildman–Crippen MR) is 69.5 cm³/mol. The number of aromatic nitrogens is 3. The topological polar surface area (TPSA) is 38.7 Å². The van der Waals surface area contributed by atoms with E-state index < -0.39 is 0 Å². The molecule has 0 unspecified atom stereocenters. The number of benzene rings is 1. The summed E-state index contributed by atoms with van der Waals surface area (Å²) < 4.78 is 0. The van der Waals surface area contributed by atoms with Gasteiger partial charge in [0.05, 0.1) is 0 Å². The van der Waals surface area contributed by atoms with E-state index in [0.717, 1.165) is 16.7 Å². The Morgan fingerprint density at radius 3 is 1.76 bits per heavy atom. The number of rotatable bonds is 1. The zero-order valence-electron chi connectivity index (χ0n) is 9.75. The Kier molecular flexibility index (Phi) is 3.31. The molecule has 0 saturated heterocycles. The number of nitrogens with zero attached hydrogens (tertiary/aromatic N) is 3. The van der Waals surface area contributed by atoms with E-state index in [2.05, 4.69) is 34.0 Å². The highest BCUT2D eigenvalue weighted by Crippen LogP contribution is 2.26. The molecule has 0 aliphatic heterocycles. The molecule has 1 aromatic heterocycles. The van der Waals surface area contributed by atoms with Crippen molar-refractivity contribution in [3.05, 3.63) is 39.4 Å². The van der Waals surface area contributed by atoms with Gasteiger partial charge in [-0.3, -0.25) is 0 Å². The predicted octanol–water partition coefficient (Wildman–Crippen LogP) is 3.77. The minimum absolute atomic E-state index is 0.111. The van der Waals surface area contributed by atoms with E-state index in [9.17, 15) is 0 Å². The highest BCUT2D eigenvalue weighted by molar-refractivity contribution is 6.31. The molecular weight excluding hydrogens is 257 g/mol. The zero-order valence-corrected chi connectivity index (χ0v) is 11.3. The van der Waals surface area contributed by atoms with Crippen molar-refractivity contribution < 1.29 is 0 Å². The van der Waals surface area contributed by atoms with Gasteiger partial charge in [0.25, 0.3) is 0 Å². The zero-order chi connectivity index (χ0) is 12.6. The highest BCUT2D eigenvalue weighted by atomic mass is 35.5. The van der Waals surface area contributed by atoms with Crippen LogP contribution in [0, 0.1) is 20.8 Å². The fourth-order valence-electron chi connectivity index (χ4n) is 1.97. The van der Waals surface area contributed by atoms with E-state index in [1.807, 2.05) is 13.8 Å². The van der Waals surface area contributed by atoms with Crippen LogP contribution < -0.4 is 0 Å². The quantitative estimate of drug-likeness (QED) is 0.790. The van der Waals surface area contributed by atoms with Crippen molar-refractivity contribution >= 4 is 23.2 Å². The van der Waals surface area contributed by atoms with Crippen molar-refractivity contribution in [2.75, 3.05) is 0 Å². The summed E-state index contributed by atoms with van der Waals surface area (Å²) >= 11 is 11.6. The third kappa shape index (κ3) is 2.56. The first-order chi connectivity index (χ1) is 7.97. The second kappa shape index (κ2) is 4.59. The molecule has 5 heteroatoms. The van der Waals surface area contributed by atoms with Gasteiger partial charge in [0.2, 0.25) is 10.6 Å². The Labute approximate surface area is 110 Å². The molecule has 0 aliphatic rings. The van der Waals surface area contributed by atoms with Gasteiger partial charge in [0, 0.05) is 5.56 Å². The molecule has 0 atom stereocenters. The summed E-state index contributed by atoms with van der Waals surface area (Å²) in [6.07, 6.45) is 0. The molecule has 0 fully saturated rings. The Morgan fingerprint density at radius 1 is 0.824 bits per heavy atom. The lowest BCUT2D eigenvalue weighted by atomic mass is 9.99. The van der Waals surface area contributed by atoms with Gasteiger partial charge >= 0.3 is 0 Å². The summed E-state index contributed by atoms with van der Waals surface area (Å²) in [4.78, 5) is 12.0. The van der Waals surface area contributed by atoms with Crippen molar-refractivity contribution in [3.63, 3.8) is 0 Å². The average Bonchev–Trinajstić information content (AvgIpc) is 2.13. The van der Waals surface area contributed by atoms with Gasteiger partial charge in [-0.05, 0) is 55.1 Å². The van der Waals surface area contributed by atoms with Crippen molar-refractivity contribution in [1.29, 1.82) is 0 Å². The SMILES string of the molecule is Cc1cc(C)c(-c2nc(Cl)nc(Cl)n2)c(C)c1. The summed E-state index contributed by atoms with van der Waals surface area (Å²) in [6, 6.07) is 4.15. The van der Waals surface area contributed by atoms with Crippen LogP contribution in [0.25, 0.3) is 11.4 Å². The van der Waals surface area contributed by atoms with Gasteiger partial charge in [-0.15, -0.1) is 0 Å². The van der Waals surface area contributed by atoms with Gasteiger partial charge in [-0.25, -0.2) is 0 Å². The standard InChI is InChI=1S/C12H11Cl2N3/c1-6-4-7(2)9(8(3)5-6)10-15-11(13)17-12(14)16-10/h4-5H,1-3H3. The van der Waals surface area contributed by atoms with Crippen LogP contribution in [0.5, 0.6) is 0 Å². The smallest absolute Gasteiger partial charge is 0.198 e. The van der Waals surface area contributed by atoms with E-state index in [1.54, 1.807) is 0 Å². The van der Waals surface area contributed by atoms with Gasteiger partial charge < -0.3 is 0 Å².